The first-order valence-corrected chi connectivity index (χ1v) is 7.51. The van der Waals surface area contributed by atoms with Gasteiger partial charge in [0.1, 0.15) is 4.75 Å². The van der Waals surface area contributed by atoms with Gasteiger partial charge in [0.2, 0.25) is 20.0 Å². The molecule has 0 aromatic rings. The summed E-state index contributed by atoms with van der Waals surface area (Å²) in [7, 11) is -5.96. The Morgan fingerprint density at radius 1 is 1.38 bits per heavy atom. The van der Waals surface area contributed by atoms with Crippen molar-refractivity contribution >= 4 is 20.0 Å². The highest BCUT2D eigenvalue weighted by molar-refractivity contribution is 7.93. The van der Waals surface area contributed by atoms with Gasteiger partial charge in [0.05, 0.1) is 4.91 Å². The average molecular weight is 266 g/mol. The molecule has 1 rings (SSSR count). The third-order valence-electron chi connectivity index (χ3n) is 2.52. The van der Waals surface area contributed by atoms with Crippen LogP contribution in [0, 0.1) is 0 Å². The van der Waals surface area contributed by atoms with E-state index in [1.807, 2.05) is 0 Å². The molecule has 6 nitrogen and oxygen atoms in total. The summed E-state index contributed by atoms with van der Waals surface area (Å²) in [6, 6.07) is 0. The van der Waals surface area contributed by atoms with E-state index in [4.69, 9.17) is 5.14 Å². The van der Waals surface area contributed by atoms with Crippen LogP contribution in [-0.2, 0) is 20.0 Å². The van der Waals surface area contributed by atoms with Crippen molar-refractivity contribution in [3.63, 3.8) is 0 Å². The van der Waals surface area contributed by atoms with Gasteiger partial charge in [-0.2, -0.15) is 0 Å². The zero-order chi connectivity index (χ0) is 12.6. The first-order valence-electron chi connectivity index (χ1n) is 4.48. The molecule has 1 aliphatic carbocycles. The first-order chi connectivity index (χ1) is 7.12. The summed E-state index contributed by atoms with van der Waals surface area (Å²) in [5, 5.41) is 4.93. The molecule has 0 saturated carbocycles. The van der Waals surface area contributed by atoms with Crippen molar-refractivity contribution in [3.05, 3.63) is 23.1 Å². The first kappa shape index (κ1) is 13.4. The maximum atomic E-state index is 11.7. The molecule has 92 valence electrons. The lowest BCUT2D eigenvalue weighted by Crippen LogP contribution is -2.41. The third kappa shape index (κ3) is 2.34. The van der Waals surface area contributed by atoms with E-state index in [9.17, 15) is 16.8 Å². The highest BCUT2D eigenvalue weighted by atomic mass is 32.2. The lowest BCUT2D eigenvalue weighted by molar-refractivity contribution is 0.553. The van der Waals surface area contributed by atoms with Crippen molar-refractivity contribution in [3.8, 4) is 0 Å². The van der Waals surface area contributed by atoms with Crippen LogP contribution in [0.1, 0.15) is 13.3 Å². The molecule has 1 aliphatic rings. The van der Waals surface area contributed by atoms with Gasteiger partial charge in [0.25, 0.3) is 0 Å². The van der Waals surface area contributed by atoms with E-state index in [-0.39, 0.29) is 11.3 Å². The van der Waals surface area contributed by atoms with Crippen molar-refractivity contribution < 1.29 is 16.8 Å². The Bertz CT molecular complexity index is 545. The molecule has 3 N–H and O–H groups in total. The highest BCUT2D eigenvalue weighted by Gasteiger charge is 2.37. The molecule has 1 unspecified atom stereocenters. The molecule has 0 aromatic heterocycles. The van der Waals surface area contributed by atoms with Gasteiger partial charge in [-0.25, -0.2) is 26.7 Å². The molecule has 0 heterocycles. The van der Waals surface area contributed by atoms with Crippen molar-refractivity contribution in [1.82, 2.24) is 4.72 Å². The smallest absolute Gasteiger partial charge is 0.225 e. The van der Waals surface area contributed by atoms with Crippen LogP contribution in [0.2, 0.25) is 0 Å². The zero-order valence-electron chi connectivity index (χ0n) is 8.97. The average Bonchev–Trinajstić information content (AvgIpc) is 2.16. The summed E-state index contributed by atoms with van der Waals surface area (Å²) in [6.45, 7) is 1.51. The van der Waals surface area contributed by atoms with Gasteiger partial charge in [-0.15, -0.1) is 0 Å². The van der Waals surface area contributed by atoms with Gasteiger partial charge >= 0.3 is 0 Å². The summed E-state index contributed by atoms with van der Waals surface area (Å²) in [5.41, 5.74) is 0. The Morgan fingerprint density at radius 2 is 1.94 bits per heavy atom. The molecule has 0 aliphatic heterocycles. The summed E-state index contributed by atoms with van der Waals surface area (Å²) in [5.74, 6) is 0. The Hall–Kier alpha value is -0.700. The Labute approximate surface area is 95.3 Å². The van der Waals surface area contributed by atoms with Crippen LogP contribution in [-0.4, -0.2) is 28.6 Å². The van der Waals surface area contributed by atoms with Crippen LogP contribution in [0.15, 0.2) is 23.1 Å². The maximum absolute atomic E-state index is 11.7. The molecule has 16 heavy (non-hydrogen) atoms. The van der Waals surface area contributed by atoms with Crippen LogP contribution in [0.4, 0.5) is 0 Å². The van der Waals surface area contributed by atoms with E-state index in [2.05, 4.69) is 4.72 Å². The fourth-order valence-corrected chi connectivity index (χ4v) is 2.93. The molecule has 0 saturated heterocycles. The number of hydrogen-bond acceptors (Lipinski definition) is 4. The number of allylic oxidation sites excluding steroid dienone is 2. The highest BCUT2D eigenvalue weighted by Crippen LogP contribution is 2.28. The van der Waals surface area contributed by atoms with Crippen LogP contribution in [0.3, 0.4) is 0 Å². The fourth-order valence-electron chi connectivity index (χ4n) is 1.34. The standard InChI is InChI=1S/C8H14N2O4S2/c1-8(16(13,14)10-2)5-3-7(4-6-8)15(9,11)12/h3-5,10H,6H2,1-2H3,(H2,9,11,12). The Kier molecular flexibility index (Phi) is 3.30. The minimum Gasteiger partial charge on any atom is -0.225 e. The summed E-state index contributed by atoms with van der Waals surface area (Å²) in [4.78, 5) is -0.0590. The molecule has 8 heteroatoms. The van der Waals surface area contributed by atoms with Gasteiger partial charge in [-0.1, -0.05) is 12.2 Å². The van der Waals surface area contributed by atoms with E-state index in [1.165, 1.54) is 32.2 Å². The topological polar surface area (TPSA) is 106 Å². The SMILES string of the molecule is CNS(=O)(=O)C1(C)C=CC(S(N)(=O)=O)=CC1. The lowest BCUT2D eigenvalue weighted by atomic mass is 10.0. The van der Waals surface area contributed by atoms with Gasteiger partial charge < -0.3 is 0 Å². The number of rotatable bonds is 3. The number of nitrogens with one attached hydrogen (secondary N) is 1. The molecule has 0 fully saturated rings. The largest absolute Gasteiger partial charge is 0.237 e. The second kappa shape index (κ2) is 3.95. The van der Waals surface area contributed by atoms with Gasteiger partial charge in [0, 0.05) is 0 Å². The normalized spacial score (nSPS) is 26.6. The van der Waals surface area contributed by atoms with Crippen molar-refractivity contribution in [2.75, 3.05) is 7.05 Å². The second-order valence-corrected chi connectivity index (χ2v) is 7.62. The zero-order valence-corrected chi connectivity index (χ0v) is 10.6. The molecular formula is C8H14N2O4S2. The van der Waals surface area contributed by atoms with Crippen molar-refractivity contribution in [2.24, 2.45) is 5.14 Å². The Morgan fingerprint density at radius 3 is 2.25 bits per heavy atom. The number of primary sulfonamides is 1. The van der Waals surface area contributed by atoms with E-state index in [0.717, 1.165) is 0 Å². The fraction of sp³-hybridized carbons (Fsp3) is 0.500. The minimum absolute atomic E-state index is 0.0590. The van der Waals surface area contributed by atoms with Crippen molar-refractivity contribution in [2.45, 2.75) is 18.1 Å². The molecule has 0 amide bonds. The van der Waals surface area contributed by atoms with Crippen molar-refractivity contribution in [1.29, 1.82) is 0 Å². The quantitative estimate of drug-likeness (QED) is 0.713. The summed E-state index contributed by atoms with van der Waals surface area (Å²) >= 11 is 0. The number of nitrogens with two attached hydrogens (primary N) is 1. The minimum atomic E-state index is -3.77. The van der Waals surface area contributed by atoms with Gasteiger partial charge in [-0.05, 0) is 26.5 Å². The molecule has 0 spiro atoms. The predicted octanol–water partition coefficient (Wildman–Crippen LogP) is -0.573. The third-order valence-corrected chi connectivity index (χ3v) is 5.55. The lowest BCUT2D eigenvalue weighted by Gasteiger charge is -2.26. The van der Waals surface area contributed by atoms with E-state index < -0.39 is 24.8 Å². The molecule has 0 bridgehead atoms. The van der Waals surface area contributed by atoms with Crippen LogP contribution >= 0.6 is 0 Å². The van der Waals surface area contributed by atoms with E-state index in [1.54, 1.807) is 0 Å². The second-order valence-electron chi connectivity index (χ2n) is 3.71. The summed E-state index contributed by atoms with van der Waals surface area (Å²) < 4.78 is 46.4. The van der Waals surface area contributed by atoms with Crippen LogP contribution < -0.4 is 9.86 Å². The van der Waals surface area contributed by atoms with Gasteiger partial charge in [0.15, 0.2) is 0 Å². The molecule has 1 atom stereocenters. The maximum Gasteiger partial charge on any atom is 0.237 e. The van der Waals surface area contributed by atoms with Crippen LogP contribution in [0.5, 0.6) is 0 Å². The molecular weight excluding hydrogens is 252 g/mol. The Balaban J connectivity index is 3.10. The number of sulfonamides is 2. The van der Waals surface area contributed by atoms with Gasteiger partial charge in [-0.3, -0.25) is 0 Å². The number of hydrogen-bond donors (Lipinski definition) is 2. The van der Waals surface area contributed by atoms with E-state index >= 15 is 0 Å². The molecule has 0 radical (unpaired) electrons. The summed E-state index contributed by atoms with van der Waals surface area (Å²) in [6.07, 6.45) is 3.93. The van der Waals surface area contributed by atoms with Crippen LogP contribution in [0.25, 0.3) is 0 Å². The van der Waals surface area contributed by atoms with E-state index in [0.29, 0.717) is 0 Å². The molecule has 0 aromatic carbocycles. The predicted molar refractivity (Wildman–Crippen MR) is 61.3 cm³/mol. The monoisotopic (exact) mass is 266 g/mol.